The van der Waals surface area contributed by atoms with Gasteiger partial charge in [-0.15, -0.1) is 0 Å². The quantitative estimate of drug-likeness (QED) is 0.660. The van der Waals surface area contributed by atoms with Crippen LogP contribution in [0.4, 0.5) is 5.69 Å². The highest BCUT2D eigenvalue weighted by Crippen LogP contribution is 2.51. The van der Waals surface area contributed by atoms with Gasteiger partial charge in [0.05, 0.1) is 10.6 Å². The Kier molecular flexibility index (Phi) is 5.71. The minimum absolute atomic E-state index is 0.156. The molecule has 2 fully saturated rings. The molecule has 2 aliphatic rings. The third-order valence-corrected chi connectivity index (χ3v) is 8.54. The Balaban J connectivity index is 1.54. The van der Waals surface area contributed by atoms with Crippen molar-refractivity contribution < 1.29 is 8.42 Å². The summed E-state index contributed by atoms with van der Waals surface area (Å²) in [5.41, 5.74) is 2.09. The van der Waals surface area contributed by atoms with Crippen molar-refractivity contribution in [3.05, 3.63) is 60.2 Å². The molecule has 0 N–H and O–H groups in total. The number of hydrogen-bond acceptors (Lipinski definition) is 3. The molecule has 156 valence electrons. The zero-order valence-corrected chi connectivity index (χ0v) is 18.5. The smallest absolute Gasteiger partial charge is 0.264 e. The Labute approximate surface area is 175 Å². The minimum atomic E-state index is -3.58. The molecule has 3 atom stereocenters. The SMILES string of the molecule is CCCN1CC2CC(c3ccc(N(C(C)C)S(=O)(=O)c4ccccc4)cc3)C2C1. The highest BCUT2D eigenvalue weighted by atomic mass is 32.2. The number of hydrogen-bond donors (Lipinski definition) is 0. The molecule has 1 heterocycles. The Hall–Kier alpha value is -1.85. The summed E-state index contributed by atoms with van der Waals surface area (Å²) in [7, 11) is -3.58. The fourth-order valence-electron chi connectivity index (χ4n) is 5.17. The van der Waals surface area contributed by atoms with E-state index in [2.05, 4.69) is 24.0 Å². The lowest BCUT2D eigenvalue weighted by atomic mass is 9.64. The van der Waals surface area contributed by atoms with E-state index in [0.29, 0.717) is 10.8 Å². The third-order valence-electron chi connectivity index (χ3n) is 6.53. The highest BCUT2D eigenvalue weighted by molar-refractivity contribution is 7.92. The van der Waals surface area contributed by atoms with Crippen LogP contribution in [0.25, 0.3) is 0 Å². The van der Waals surface area contributed by atoms with Crippen molar-refractivity contribution in [3.63, 3.8) is 0 Å². The standard InChI is InChI=1S/C24H32N2O2S/c1-4-14-25-16-20-15-23(24(20)17-25)19-10-12-21(13-11-19)26(18(2)3)29(27,28)22-8-6-5-7-9-22/h5-13,18,20,23-24H,4,14-17H2,1-3H3. The second-order valence-electron chi connectivity index (χ2n) is 8.82. The minimum Gasteiger partial charge on any atom is -0.303 e. The molecule has 4 rings (SSSR count). The molecule has 4 nitrogen and oxygen atoms in total. The molecule has 1 saturated carbocycles. The Bertz CT molecular complexity index is 925. The number of fused-ring (bicyclic) bond motifs is 1. The van der Waals surface area contributed by atoms with Gasteiger partial charge in [0, 0.05) is 19.1 Å². The van der Waals surface area contributed by atoms with Gasteiger partial charge in [0.15, 0.2) is 0 Å². The van der Waals surface area contributed by atoms with Crippen molar-refractivity contribution in [2.24, 2.45) is 11.8 Å². The van der Waals surface area contributed by atoms with Crippen molar-refractivity contribution in [2.45, 2.75) is 50.5 Å². The highest BCUT2D eigenvalue weighted by Gasteiger charge is 2.47. The molecule has 29 heavy (non-hydrogen) atoms. The normalized spacial score (nSPS) is 24.3. The molecule has 1 aliphatic heterocycles. The summed E-state index contributed by atoms with van der Waals surface area (Å²) in [5, 5.41) is 0. The Morgan fingerprint density at radius 2 is 1.72 bits per heavy atom. The first-order valence-corrected chi connectivity index (χ1v) is 12.3. The lowest BCUT2D eigenvalue weighted by Gasteiger charge is -2.40. The summed E-state index contributed by atoms with van der Waals surface area (Å²) < 4.78 is 28.0. The molecule has 0 aromatic heterocycles. The van der Waals surface area contributed by atoms with Gasteiger partial charge in [-0.05, 0) is 80.8 Å². The maximum absolute atomic E-state index is 13.2. The third kappa shape index (κ3) is 3.82. The number of benzene rings is 2. The zero-order chi connectivity index (χ0) is 20.6. The van der Waals surface area contributed by atoms with Gasteiger partial charge in [0.2, 0.25) is 0 Å². The van der Waals surface area contributed by atoms with Gasteiger partial charge >= 0.3 is 0 Å². The summed E-state index contributed by atoms with van der Waals surface area (Å²) in [5.74, 6) is 2.23. The first kappa shape index (κ1) is 20.4. The van der Waals surface area contributed by atoms with Crippen LogP contribution in [-0.4, -0.2) is 39.0 Å². The van der Waals surface area contributed by atoms with Crippen molar-refractivity contribution in [1.82, 2.24) is 4.90 Å². The summed E-state index contributed by atoms with van der Waals surface area (Å²) in [6, 6.07) is 16.8. The predicted octanol–water partition coefficient (Wildman–Crippen LogP) is 4.74. The van der Waals surface area contributed by atoms with Gasteiger partial charge in [0.25, 0.3) is 10.0 Å². The zero-order valence-electron chi connectivity index (χ0n) is 17.7. The number of nitrogens with zero attached hydrogens (tertiary/aromatic N) is 2. The maximum atomic E-state index is 13.2. The molecule has 5 heteroatoms. The van der Waals surface area contributed by atoms with Crippen LogP contribution in [0, 0.1) is 11.8 Å². The second kappa shape index (κ2) is 8.11. The number of sulfonamides is 1. The topological polar surface area (TPSA) is 40.6 Å². The van der Waals surface area contributed by atoms with Crippen molar-refractivity contribution >= 4 is 15.7 Å². The van der Waals surface area contributed by atoms with Crippen molar-refractivity contribution in [1.29, 1.82) is 0 Å². The molecule has 0 spiro atoms. The molecule has 0 amide bonds. The second-order valence-corrected chi connectivity index (χ2v) is 10.6. The van der Waals surface area contributed by atoms with Crippen LogP contribution >= 0.6 is 0 Å². The number of rotatable bonds is 7. The Morgan fingerprint density at radius 1 is 1.03 bits per heavy atom. The average molecular weight is 413 g/mol. The lowest BCUT2D eigenvalue weighted by molar-refractivity contribution is 0.191. The first-order valence-electron chi connectivity index (χ1n) is 10.8. The predicted molar refractivity (Wildman–Crippen MR) is 119 cm³/mol. The molecule has 1 saturated heterocycles. The van der Waals surface area contributed by atoms with E-state index in [-0.39, 0.29) is 6.04 Å². The van der Waals surface area contributed by atoms with Crippen LogP contribution in [0.15, 0.2) is 59.5 Å². The molecule has 2 aromatic carbocycles. The number of anilines is 1. The van der Waals surface area contributed by atoms with Gasteiger partial charge < -0.3 is 4.90 Å². The number of likely N-dealkylation sites (tertiary alicyclic amines) is 1. The van der Waals surface area contributed by atoms with E-state index in [1.165, 1.54) is 42.3 Å². The van der Waals surface area contributed by atoms with Crippen molar-refractivity contribution in [3.8, 4) is 0 Å². The molecule has 2 aromatic rings. The first-order chi connectivity index (χ1) is 13.9. The fourth-order valence-corrected chi connectivity index (χ4v) is 6.85. The van der Waals surface area contributed by atoms with E-state index in [9.17, 15) is 8.42 Å². The molecular weight excluding hydrogens is 380 g/mol. The van der Waals surface area contributed by atoms with E-state index < -0.39 is 10.0 Å². The summed E-state index contributed by atoms with van der Waals surface area (Å²) in [6.07, 6.45) is 2.49. The molecular formula is C24H32N2O2S. The van der Waals surface area contributed by atoms with Crippen LogP contribution in [0.2, 0.25) is 0 Å². The molecule has 1 aliphatic carbocycles. The van der Waals surface area contributed by atoms with E-state index >= 15 is 0 Å². The summed E-state index contributed by atoms with van der Waals surface area (Å²) >= 11 is 0. The van der Waals surface area contributed by atoms with Crippen LogP contribution in [0.3, 0.4) is 0 Å². The van der Waals surface area contributed by atoms with E-state index in [1.54, 1.807) is 24.3 Å². The van der Waals surface area contributed by atoms with Crippen LogP contribution in [0.1, 0.15) is 45.1 Å². The van der Waals surface area contributed by atoms with Crippen LogP contribution in [-0.2, 0) is 10.0 Å². The monoisotopic (exact) mass is 412 g/mol. The van der Waals surface area contributed by atoms with E-state index in [0.717, 1.165) is 17.5 Å². The average Bonchev–Trinajstić information content (AvgIpc) is 3.00. The largest absolute Gasteiger partial charge is 0.303 e. The summed E-state index contributed by atoms with van der Waals surface area (Å²) in [4.78, 5) is 2.94. The molecule has 0 radical (unpaired) electrons. The fraction of sp³-hybridized carbons (Fsp3) is 0.500. The van der Waals surface area contributed by atoms with Crippen molar-refractivity contribution in [2.75, 3.05) is 23.9 Å². The van der Waals surface area contributed by atoms with Gasteiger partial charge in [-0.2, -0.15) is 0 Å². The lowest BCUT2D eigenvalue weighted by Crippen LogP contribution is -2.37. The van der Waals surface area contributed by atoms with E-state index in [1.807, 2.05) is 32.0 Å². The maximum Gasteiger partial charge on any atom is 0.264 e. The van der Waals surface area contributed by atoms with Gasteiger partial charge in [-0.3, -0.25) is 4.31 Å². The van der Waals surface area contributed by atoms with Gasteiger partial charge in [0.1, 0.15) is 0 Å². The Morgan fingerprint density at radius 3 is 2.34 bits per heavy atom. The molecule has 3 unspecified atom stereocenters. The van der Waals surface area contributed by atoms with Crippen LogP contribution < -0.4 is 4.31 Å². The van der Waals surface area contributed by atoms with Gasteiger partial charge in [-0.25, -0.2) is 8.42 Å². The van der Waals surface area contributed by atoms with E-state index in [4.69, 9.17) is 0 Å². The molecule has 0 bridgehead atoms. The van der Waals surface area contributed by atoms with Gasteiger partial charge in [-0.1, -0.05) is 37.3 Å². The summed E-state index contributed by atoms with van der Waals surface area (Å²) in [6.45, 7) is 9.77. The van der Waals surface area contributed by atoms with Crippen LogP contribution in [0.5, 0.6) is 0 Å².